The van der Waals surface area contributed by atoms with Crippen molar-refractivity contribution in [3.63, 3.8) is 0 Å². The Labute approximate surface area is 156 Å². The van der Waals surface area contributed by atoms with Crippen molar-refractivity contribution in [2.24, 2.45) is 0 Å². The average Bonchev–Trinajstić information content (AvgIpc) is 3.12. The van der Waals surface area contributed by atoms with E-state index in [-0.39, 0.29) is 5.91 Å². The van der Waals surface area contributed by atoms with Crippen molar-refractivity contribution in [3.8, 4) is 10.6 Å². The SMILES string of the molecule is O=C(CCc1ccccc1)Nc1cccc(-c2nc3ccccc3s2)c1. The lowest BCUT2D eigenvalue weighted by Crippen LogP contribution is -2.12. The first-order valence-electron chi connectivity index (χ1n) is 8.58. The molecule has 0 spiro atoms. The Balaban J connectivity index is 1.46. The van der Waals surface area contributed by atoms with Crippen LogP contribution in [0.4, 0.5) is 5.69 Å². The number of aryl methyl sites for hydroxylation is 1. The van der Waals surface area contributed by atoms with Gasteiger partial charge in [-0.25, -0.2) is 4.98 Å². The number of carbonyl (C=O) groups is 1. The molecular formula is C22H18N2OS. The van der Waals surface area contributed by atoms with Crippen LogP contribution >= 0.6 is 11.3 Å². The van der Waals surface area contributed by atoms with Crippen LogP contribution in [0.1, 0.15) is 12.0 Å². The lowest BCUT2D eigenvalue weighted by molar-refractivity contribution is -0.116. The summed E-state index contributed by atoms with van der Waals surface area (Å²) in [6, 6.07) is 26.0. The summed E-state index contributed by atoms with van der Waals surface area (Å²) in [4.78, 5) is 16.9. The maximum Gasteiger partial charge on any atom is 0.224 e. The summed E-state index contributed by atoms with van der Waals surface area (Å²) in [5.41, 5.74) is 4.00. The molecule has 3 aromatic carbocycles. The van der Waals surface area contributed by atoms with Crippen molar-refractivity contribution in [2.75, 3.05) is 5.32 Å². The first kappa shape index (κ1) is 16.5. The highest BCUT2D eigenvalue weighted by atomic mass is 32.1. The van der Waals surface area contributed by atoms with E-state index in [1.807, 2.05) is 72.8 Å². The van der Waals surface area contributed by atoms with Crippen LogP contribution < -0.4 is 5.32 Å². The van der Waals surface area contributed by atoms with Gasteiger partial charge < -0.3 is 5.32 Å². The lowest BCUT2D eigenvalue weighted by atomic mass is 10.1. The van der Waals surface area contributed by atoms with Crippen LogP contribution in [-0.2, 0) is 11.2 Å². The monoisotopic (exact) mass is 358 g/mol. The van der Waals surface area contributed by atoms with Crippen LogP contribution in [0.3, 0.4) is 0 Å². The third-order valence-corrected chi connectivity index (χ3v) is 5.26. The van der Waals surface area contributed by atoms with Crippen LogP contribution in [-0.4, -0.2) is 10.9 Å². The molecule has 0 aliphatic carbocycles. The molecular weight excluding hydrogens is 340 g/mol. The summed E-state index contributed by atoms with van der Waals surface area (Å²) in [5.74, 6) is 0.0234. The molecule has 128 valence electrons. The number of hydrogen-bond donors (Lipinski definition) is 1. The highest BCUT2D eigenvalue weighted by molar-refractivity contribution is 7.21. The van der Waals surface area contributed by atoms with E-state index in [1.54, 1.807) is 11.3 Å². The second-order valence-electron chi connectivity index (χ2n) is 6.10. The van der Waals surface area contributed by atoms with Gasteiger partial charge in [-0.3, -0.25) is 4.79 Å². The van der Waals surface area contributed by atoms with Gasteiger partial charge in [0.25, 0.3) is 0 Å². The van der Waals surface area contributed by atoms with Gasteiger partial charge in [-0.2, -0.15) is 0 Å². The Morgan fingerprint density at radius 3 is 2.58 bits per heavy atom. The maximum atomic E-state index is 12.3. The number of thiazole rings is 1. The van der Waals surface area contributed by atoms with Crippen molar-refractivity contribution in [2.45, 2.75) is 12.8 Å². The number of benzene rings is 3. The van der Waals surface area contributed by atoms with Gasteiger partial charge >= 0.3 is 0 Å². The molecule has 0 bridgehead atoms. The molecule has 0 atom stereocenters. The maximum absolute atomic E-state index is 12.3. The summed E-state index contributed by atoms with van der Waals surface area (Å²) in [7, 11) is 0. The molecule has 4 heteroatoms. The van der Waals surface area contributed by atoms with Crippen LogP contribution in [0, 0.1) is 0 Å². The van der Waals surface area contributed by atoms with Gasteiger partial charge in [-0.05, 0) is 36.2 Å². The topological polar surface area (TPSA) is 42.0 Å². The number of fused-ring (bicyclic) bond motifs is 1. The fourth-order valence-corrected chi connectivity index (χ4v) is 3.81. The molecule has 1 amide bonds. The normalized spacial score (nSPS) is 10.8. The summed E-state index contributed by atoms with van der Waals surface area (Å²) < 4.78 is 1.17. The summed E-state index contributed by atoms with van der Waals surface area (Å²) in [5, 5.41) is 3.96. The highest BCUT2D eigenvalue weighted by Gasteiger charge is 2.08. The third-order valence-electron chi connectivity index (χ3n) is 4.17. The number of para-hydroxylation sites is 1. The number of hydrogen-bond acceptors (Lipinski definition) is 3. The zero-order chi connectivity index (χ0) is 17.8. The smallest absolute Gasteiger partial charge is 0.224 e. The van der Waals surface area contributed by atoms with E-state index in [0.717, 1.165) is 28.2 Å². The van der Waals surface area contributed by atoms with E-state index < -0.39 is 0 Å². The molecule has 4 aromatic rings. The highest BCUT2D eigenvalue weighted by Crippen LogP contribution is 2.31. The van der Waals surface area contributed by atoms with Crippen molar-refractivity contribution in [1.29, 1.82) is 0 Å². The van der Waals surface area contributed by atoms with Crippen LogP contribution in [0.2, 0.25) is 0 Å². The van der Waals surface area contributed by atoms with Gasteiger partial charge in [0.15, 0.2) is 0 Å². The zero-order valence-corrected chi connectivity index (χ0v) is 15.0. The molecule has 0 fully saturated rings. The Kier molecular flexibility index (Phi) is 4.75. The number of rotatable bonds is 5. The second kappa shape index (κ2) is 7.50. The Morgan fingerprint density at radius 1 is 0.923 bits per heavy atom. The van der Waals surface area contributed by atoms with Crippen molar-refractivity contribution in [3.05, 3.63) is 84.4 Å². The van der Waals surface area contributed by atoms with Gasteiger partial charge in [0.05, 0.1) is 10.2 Å². The number of amides is 1. The lowest BCUT2D eigenvalue weighted by Gasteiger charge is -2.06. The van der Waals surface area contributed by atoms with E-state index in [0.29, 0.717) is 6.42 Å². The predicted molar refractivity (Wildman–Crippen MR) is 108 cm³/mol. The van der Waals surface area contributed by atoms with E-state index in [4.69, 9.17) is 0 Å². The minimum absolute atomic E-state index is 0.0234. The molecule has 1 heterocycles. The number of aromatic nitrogens is 1. The van der Waals surface area contributed by atoms with Gasteiger partial charge in [-0.15, -0.1) is 11.3 Å². The molecule has 0 aliphatic rings. The van der Waals surface area contributed by atoms with Crippen LogP contribution in [0.25, 0.3) is 20.8 Å². The van der Waals surface area contributed by atoms with Crippen LogP contribution in [0.15, 0.2) is 78.9 Å². The molecule has 0 radical (unpaired) electrons. The Bertz CT molecular complexity index is 1010. The van der Waals surface area contributed by atoms with Crippen molar-refractivity contribution in [1.82, 2.24) is 4.98 Å². The molecule has 3 nitrogen and oxygen atoms in total. The number of carbonyl (C=O) groups excluding carboxylic acids is 1. The molecule has 1 N–H and O–H groups in total. The first-order chi connectivity index (χ1) is 12.8. The molecule has 0 saturated heterocycles. The number of nitrogens with one attached hydrogen (secondary N) is 1. The fourth-order valence-electron chi connectivity index (χ4n) is 2.85. The van der Waals surface area contributed by atoms with Crippen molar-refractivity contribution < 1.29 is 4.79 Å². The summed E-state index contributed by atoms with van der Waals surface area (Å²) in [6.45, 7) is 0. The van der Waals surface area contributed by atoms with E-state index in [2.05, 4.69) is 16.4 Å². The van der Waals surface area contributed by atoms with Gasteiger partial charge in [-0.1, -0.05) is 54.6 Å². The minimum atomic E-state index is 0.0234. The summed E-state index contributed by atoms with van der Waals surface area (Å²) in [6.07, 6.45) is 1.21. The first-order valence-corrected chi connectivity index (χ1v) is 9.39. The minimum Gasteiger partial charge on any atom is -0.326 e. The van der Waals surface area contributed by atoms with Gasteiger partial charge in [0.2, 0.25) is 5.91 Å². The molecule has 1 aromatic heterocycles. The zero-order valence-electron chi connectivity index (χ0n) is 14.2. The molecule has 0 unspecified atom stereocenters. The second-order valence-corrected chi connectivity index (χ2v) is 7.13. The van der Waals surface area contributed by atoms with Gasteiger partial charge in [0, 0.05) is 17.7 Å². The summed E-state index contributed by atoms with van der Waals surface area (Å²) >= 11 is 1.66. The molecule has 26 heavy (non-hydrogen) atoms. The van der Waals surface area contributed by atoms with E-state index in [9.17, 15) is 4.79 Å². The van der Waals surface area contributed by atoms with Crippen molar-refractivity contribution >= 4 is 33.1 Å². The Hall–Kier alpha value is -2.98. The van der Waals surface area contributed by atoms with E-state index in [1.165, 1.54) is 10.3 Å². The predicted octanol–water partition coefficient (Wildman–Crippen LogP) is 5.53. The fraction of sp³-hybridized carbons (Fsp3) is 0.0909. The molecule has 0 saturated carbocycles. The van der Waals surface area contributed by atoms with Crippen LogP contribution in [0.5, 0.6) is 0 Å². The van der Waals surface area contributed by atoms with E-state index >= 15 is 0 Å². The quantitative estimate of drug-likeness (QED) is 0.509. The number of anilines is 1. The largest absolute Gasteiger partial charge is 0.326 e. The Morgan fingerprint density at radius 2 is 1.73 bits per heavy atom. The molecule has 4 rings (SSSR count). The van der Waals surface area contributed by atoms with Gasteiger partial charge in [0.1, 0.15) is 5.01 Å². The number of nitrogens with zero attached hydrogens (tertiary/aromatic N) is 1. The standard InChI is InChI=1S/C22H18N2OS/c25-21(14-13-16-7-2-1-3-8-16)23-18-10-6-9-17(15-18)22-24-19-11-4-5-12-20(19)26-22/h1-12,15H,13-14H2,(H,23,25). The average molecular weight is 358 g/mol. The molecule has 0 aliphatic heterocycles. The third kappa shape index (κ3) is 3.81.